The maximum absolute atomic E-state index is 12.5. The molecule has 0 bridgehead atoms. The summed E-state index contributed by atoms with van der Waals surface area (Å²) in [6.07, 6.45) is 1.41. The molecule has 2 atom stereocenters. The average molecular weight is 449 g/mol. The summed E-state index contributed by atoms with van der Waals surface area (Å²) in [7, 11) is 0. The summed E-state index contributed by atoms with van der Waals surface area (Å²) in [4.78, 5) is 39.6. The van der Waals surface area contributed by atoms with Gasteiger partial charge < -0.3 is 5.32 Å². The standard InChI is InChI=1S/C26H32N4O3/c1-18-13-19(2)16-29(15-18)17-21-9-7-20(8-10-21)14-27-24(31)11-12-30-26(33)23-6-4-3-5-22(23)25(32)28-30/h3-10,18-19H,11-17H2,1-2H3,(H,27,31)(H,28,32). The number of piperidine rings is 1. The lowest BCUT2D eigenvalue weighted by molar-refractivity contribution is -0.121. The SMILES string of the molecule is CC1CC(C)CN(Cc2ccc(CNC(=O)CCn3[nH]c(=O)c4ccccc4c3=O)cc2)C1. The van der Waals surface area contributed by atoms with E-state index in [0.717, 1.165) is 37.0 Å². The molecule has 1 amide bonds. The van der Waals surface area contributed by atoms with Gasteiger partial charge in [0.1, 0.15) is 0 Å². The molecule has 2 aromatic carbocycles. The van der Waals surface area contributed by atoms with E-state index in [2.05, 4.69) is 53.4 Å². The van der Waals surface area contributed by atoms with Gasteiger partial charge >= 0.3 is 0 Å². The highest BCUT2D eigenvalue weighted by atomic mass is 16.2. The van der Waals surface area contributed by atoms with E-state index >= 15 is 0 Å². The van der Waals surface area contributed by atoms with Gasteiger partial charge in [0, 0.05) is 32.6 Å². The van der Waals surface area contributed by atoms with Crippen LogP contribution in [0.15, 0.2) is 58.1 Å². The fraction of sp³-hybridized carbons (Fsp3) is 0.423. The maximum atomic E-state index is 12.5. The summed E-state index contributed by atoms with van der Waals surface area (Å²) in [5.41, 5.74) is 1.68. The Morgan fingerprint density at radius 1 is 0.970 bits per heavy atom. The first-order chi connectivity index (χ1) is 15.9. The molecule has 0 saturated carbocycles. The van der Waals surface area contributed by atoms with Crippen molar-refractivity contribution in [3.05, 3.63) is 80.4 Å². The van der Waals surface area contributed by atoms with E-state index in [0.29, 0.717) is 17.3 Å². The number of rotatable bonds is 7. The maximum Gasteiger partial charge on any atom is 0.273 e. The van der Waals surface area contributed by atoms with Crippen LogP contribution in [0.2, 0.25) is 0 Å². The Morgan fingerprint density at radius 3 is 2.30 bits per heavy atom. The second kappa shape index (κ2) is 10.2. The molecular weight excluding hydrogens is 416 g/mol. The van der Waals surface area contributed by atoms with Gasteiger partial charge in [-0.1, -0.05) is 50.2 Å². The van der Waals surface area contributed by atoms with Crippen molar-refractivity contribution in [3.8, 4) is 0 Å². The van der Waals surface area contributed by atoms with Gasteiger partial charge in [-0.25, -0.2) is 4.68 Å². The summed E-state index contributed by atoms with van der Waals surface area (Å²) < 4.78 is 1.21. The first-order valence-electron chi connectivity index (χ1n) is 11.7. The van der Waals surface area contributed by atoms with Crippen molar-refractivity contribution in [1.82, 2.24) is 20.0 Å². The van der Waals surface area contributed by atoms with Crippen LogP contribution in [0, 0.1) is 11.8 Å². The van der Waals surface area contributed by atoms with Gasteiger partial charge in [0.25, 0.3) is 11.1 Å². The first-order valence-corrected chi connectivity index (χ1v) is 11.7. The Morgan fingerprint density at radius 2 is 1.61 bits per heavy atom. The third kappa shape index (κ3) is 5.79. The average Bonchev–Trinajstić information content (AvgIpc) is 2.79. The number of aromatic amines is 1. The van der Waals surface area contributed by atoms with E-state index < -0.39 is 0 Å². The van der Waals surface area contributed by atoms with Crippen molar-refractivity contribution in [3.63, 3.8) is 0 Å². The Hall–Kier alpha value is -3.19. The molecular formula is C26H32N4O3. The summed E-state index contributed by atoms with van der Waals surface area (Å²) in [5, 5.41) is 6.17. The number of hydrogen-bond acceptors (Lipinski definition) is 4. The minimum absolute atomic E-state index is 0.109. The lowest BCUT2D eigenvalue weighted by Crippen LogP contribution is -2.38. The number of aromatic nitrogens is 2. The molecule has 1 aliphatic rings. The van der Waals surface area contributed by atoms with Gasteiger partial charge in [-0.15, -0.1) is 0 Å². The van der Waals surface area contributed by atoms with Gasteiger partial charge in [0.2, 0.25) is 5.91 Å². The van der Waals surface area contributed by atoms with Gasteiger partial charge in [-0.2, -0.15) is 0 Å². The van der Waals surface area contributed by atoms with Crippen LogP contribution in [0.4, 0.5) is 0 Å². The smallest absolute Gasteiger partial charge is 0.273 e. The van der Waals surface area contributed by atoms with Crippen molar-refractivity contribution in [2.24, 2.45) is 11.8 Å². The minimum Gasteiger partial charge on any atom is -0.352 e. The van der Waals surface area contributed by atoms with Gasteiger partial charge in [0.15, 0.2) is 0 Å². The topological polar surface area (TPSA) is 87.2 Å². The molecule has 0 radical (unpaired) electrons. The number of nitrogens with one attached hydrogen (secondary N) is 2. The second-order valence-corrected chi connectivity index (χ2v) is 9.43. The fourth-order valence-electron chi connectivity index (χ4n) is 4.85. The molecule has 2 N–H and O–H groups in total. The van der Waals surface area contributed by atoms with Crippen LogP contribution in [0.1, 0.15) is 37.8 Å². The highest BCUT2D eigenvalue weighted by molar-refractivity contribution is 5.80. The Bertz CT molecular complexity index is 1220. The molecule has 0 aliphatic carbocycles. The lowest BCUT2D eigenvalue weighted by atomic mass is 9.91. The third-order valence-electron chi connectivity index (χ3n) is 6.31. The van der Waals surface area contributed by atoms with Crippen molar-refractivity contribution in [2.75, 3.05) is 13.1 Å². The summed E-state index contributed by atoms with van der Waals surface area (Å²) in [6.45, 7) is 8.45. The Kier molecular flexibility index (Phi) is 7.08. The zero-order valence-corrected chi connectivity index (χ0v) is 19.3. The second-order valence-electron chi connectivity index (χ2n) is 9.43. The number of aryl methyl sites for hydroxylation is 1. The molecule has 33 heavy (non-hydrogen) atoms. The number of carbonyl (C=O) groups excluding carboxylic acids is 1. The van der Waals surface area contributed by atoms with E-state index in [4.69, 9.17) is 0 Å². The summed E-state index contributed by atoms with van der Waals surface area (Å²) in [6, 6.07) is 15.0. The van der Waals surface area contributed by atoms with E-state index in [9.17, 15) is 14.4 Å². The van der Waals surface area contributed by atoms with E-state index in [1.165, 1.54) is 16.7 Å². The molecule has 3 aromatic rings. The Balaban J connectivity index is 1.28. The van der Waals surface area contributed by atoms with Crippen molar-refractivity contribution in [1.29, 1.82) is 0 Å². The molecule has 1 aromatic heterocycles. The van der Waals surface area contributed by atoms with Crippen LogP contribution in [-0.4, -0.2) is 33.7 Å². The predicted octanol–water partition coefficient (Wildman–Crippen LogP) is 2.87. The third-order valence-corrected chi connectivity index (χ3v) is 6.31. The molecule has 1 saturated heterocycles. The number of H-pyrrole nitrogens is 1. The quantitative estimate of drug-likeness (QED) is 0.582. The number of likely N-dealkylation sites (tertiary alicyclic amines) is 1. The van der Waals surface area contributed by atoms with Crippen LogP contribution in [-0.2, 0) is 24.4 Å². The van der Waals surface area contributed by atoms with Crippen molar-refractivity contribution in [2.45, 2.75) is 46.3 Å². The zero-order valence-electron chi connectivity index (χ0n) is 19.3. The predicted molar refractivity (Wildman–Crippen MR) is 130 cm³/mol. The molecule has 7 nitrogen and oxygen atoms in total. The number of carbonyl (C=O) groups is 1. The zero-order chi connectivity index (χ0) is 23.4. The number of benzene rings is 2. The molecule has 1 fully saturated rings. The monoisotopic (exact) mass is 448 g/mol. The Labute approximate surface area is 193 Å². The first kappa shape index (κ1) is 23.0. The van der Waals surface area contributed by atoms with E-state index in [-0.39, 0.29) is 30.0 Å². The summed E-state index contributed by atoms with van der Waals surface area (Å²) >= 11 is 0. The fourth-order valence-corrected chi connectivity index (χ4v) is 4.85. The normalized spacial score (nSPS) is 19.0. The largest absolute Gasteiger partial charge is 0.352 e. The van der Waals surface area contributed by atoms with Crippen LogP contribution in [0.5, 0.6) is 0 Å². The molecule has 1 aliphatic heterocycles. The highest BCUT2D eigenvalue weighted by Gasteiger charge is 2.21. The van der Waals surface area contributed by atoms with Crippen LogP contribution in [0.25, 0.3) is 10.8 Å². The molecule has 7 heteroatoms. The van der Waals surface area contributed by atoms with Gasteiger partial charge in [-0.3, -0.25) is 24.4 Å². The highest BCUT2D eigenvalue weighted by Crippen LogP contribution is 2.22. The number of nitrogens with zero attached hydrogens (tertiary/aromatic N) is 2. The molecule has 2 heterocycles. The molecule has 174 valence electrons. The van der Waals surface area contributed by atoms with Crippen molar-refractivity contribution >= 4 is 16.7 Å². The molecule has 0 spiro atoms. The molecule has 4 rings (SSSR count). The number of fused-ring (bicyclic) bond motifs is 1. The molecule has 2 unspecified atom stereocenters. The van der Waals surface area contributed by atoms with Crippen LogP contribution in [0.3, 0.4) is 0 Å². The minimum atomic E-state index is -0.334. The van der Waals surface area contributed by atoms with E-state index in [1.807, 2.05) is 0 Å². The lowest BCUT2D eigenvalue weighted by Gasteiger charge is -2.35. The number of amides is 1. The van der Waals surface area contributed by atoms with Crippen LogP contribution >= 0.6 is 0 Å². The summed E-state index contributed by atoms with van der Waals surface area (Å²) in [5.74, 6) is 1.31. The van der Waals surface area contributed by atoms with Crippen LogP contribution < -0.4 is 16.4 Å². The van der Waals surface area contributed by atoms with E-state index in [1.54, 1.807) is 24.3 Å². The number of hydrogen-bond donors (Lipinski definition) is 2. The van der Waals surface area contributed by atoms with Gasteiger partial charge in [-0.05, 0) is 41.5 Å². The van der Waals surface area contributed by atoms with Gasteiger partial charge in [0.05, 0.1) is 17.3 Å². The van der Waals surface area contributed by atoms with Crippen molar-refractivity contribution < 1.29 is 4.79 Å².